The summed E-state index contributed by atoms with van der Waals surface area (Å²) < 4.78 is 19.5. The van der Waals surface area contributed by atoms with Gasteiger partial charge in [-0.15, -0.1) is 12.4 Å². The maximum absolute atomic E-state index is 14.3. The molecule has 1 aliphatic rings. The molecule has 0 saturated carbocycles. The Hall–Kier alpha value is -0.840. The second-order valence-corrected chi connectivity index (χ2v) is 5.82. The monoisotopic (exact) mass is 316 g/mol. The number of piperazine rings is 1. The van der Waals surface area contributed by atoms with Gasteiger partial charge in [-0.05, 0) is 30.5 Å². The molecule has 3 nitrogen and oxygen atoms in total. The van der Waals surface area contributed by atoms with Crippen LogP contribution in [0.15, 0.2) is 18.2 Å². The molecule has 0 aromatic heterocycles. The molecule has 120 valence electrons. The van der Waals surface area contributed by atoms with Gasteiger partial charge >= 0.3 is 0 Å². The highest BCUT2D eigenvalue weighted by Gasteiger charge is 2.25. The lowest BCUT2D eigenvalue weighted by Crippen LogP contribution is -2.45. The Balaban J connectivity index is 0.00000220. The molecule has 0 spiro atoms. The number of hydrogen-bond donors (Lipinski definition) is 1. The molecular formula is C16H26ClFN2O. The van der Waals surface area contributed by atoms with Crippen molar-refractivity contribution in [3.8, 4) is 5.75 Å². The van der Waals surface area contributed by atoms with Crippen molar-refractivity contribution in [1.29, 1.82) is 0 Å². The summed E-state index contributed by atoms with van der Waals surface area (Å²) in [4.78, 5) is 2.38. The first kappa shape index (κ1) is 18.2. The number of ether oxygens (including phenoxy) is 1. The van der Waals surface area contributed by atoms with Crippen LogP contribution >= 0.6 is 12.4 Å². The first-order chi connectivity index (χ1) is 9.61. The molecule has 1 aliphatic heterocycles. The van der Waals surface area contributed by atoms with Crippen LogP contribution in [0.1, 0.15) is 31.9 Å². The summed E-state index contributed by atoms with van der Waals surface area (Å²) in [5, 5.41) is 3.35. The Morgan fingerprint density at radius 2 is 1.95 bits per heavy atom. The summed E-state index contributed by atoms with van der Waals surface area (Å²) in [6, 6.07) is 5.18. The van der Waals surface area contributed by atoms with Crippen LogP contribution in [-0.4, -0.2) is 38.2 Å². The predicted molar refractivity (Wildman–Crippen MR) is 86.8 cm³/mol. The zero-order chi connectivity index (χ0) is 14.5. The second-order valence-electron chi connectivity index (χ2n) is 5.82. The molecule has 1 fully saturated rings. The third-order valence-corrected chi connectivity index (χ3v) is 3.85. The van der Waals surface area contributed by atoms with E-state index in [0.29, 0.717) is 5.92 Å². The standard InChI is InChI=1S/C16H25FN2O.ClH/c1-12(2)10-16(19-8-6-18-7-9-19)14-11-13(20-3)4-5-15(14)17;/h4-5,11-12,16,18H,6-10H2,1-3H3;1H/t16-;/m0./s1. The van der Waals surface area contributed by atoms with E-state index < -0.39 is 0 Å². The fourth-order valence-electron chi connectivity index (χ4n) is 2.82. The summed E-state index contributed by atoms with van der Waals surface area (Å²) in [5.41, 5.74) is 0.764. The molecule has 0 bridgehead atoms. The Bertz CT molecular complexity index is 436. The van der Waals surface area contributed by atoms with Gasteiger partial charge in [-0.1, -0.05) is 13.8 Å². The third kappa shape index (κ3) is 4.83. The van der Waals surface area contributed by atoms with E-state index in [4.69, 9.17) is 4.74 Å². The van der Waals surface area contributed by atoms with Crippen molar-refractivity contribution in [3.05, 3.63) is 29.6 Å². The largest absolute Gasteiger partial charge is 0.497 e. The SMILES string of the molecule is COc1ccc(F)c([C@H](CC(C)C)N2CCNCC2)c1.Cl. The average Bonchev–Trinajstić information content (AvgIpc) is 2.46. The van der Waals surface area contributed by atoms with Gasteiger partial charge in [0.25, 0.3) is 0 Å². The maximum atomic E-state index is 14.3. The number of halogens is 2. The lowest BCUT2D eigenvalue weighted by Gasteiger charge is -2.36. The maximum Gasteiger partial charge on any atom is 0.128 e. The van der Waals surface area contributed by atoms with Crippen LogP contribution in [0.3, 0.4) is 0 Å². The van der Waals surface area contributed by atoms with Crippen molar-refractivity contribution in [2.24, 2.45) is 5.92 Å². The lowest BCUT2D eigenvalue weighted by molar-refractivity contribution is 0.151. The van der Waals surface area contributed by atoms with Gasteiger partial charge in [0.05, 0.1) is 7.11 Å². The van der Waals surface area contributed by atoms with E-state index in [1.165, 1.54) is 6.07 Å². The molecule has 0 unspecified atom stereocenters. The van der Waals surface area contributed by atoms with Gasteiger partial charge < -0.3 is 10.1 Å². The molecule has 21 heavy (non-hydrogen) atoms. The molecule has 1 saturated heterocycles. The van der Waals surface area contributed by atoms with Gasteiger partial charge in [0.15, 0.2) is 0 Å². The van der Waals surface area contributed by atoms with Crippen LogP contribution < -0.4 is 10.1 Å². The molecule has 1 aromatic rings. The molecule has 1 heterocycles. The average molecular weight is 317 g/mol. The predicted octanol–water partition coefficient (Wildman–Crippen LogP) is 3.25. The quantitative estimate of drug-likeness (QED) is 0.902. The number of nitrogens with one attached hydrogen (secondary N) is 1. The number of rotatable bonds is 5. The number of methoxy groups -OCH3 is 1. The van der Waals surface area contributed by atoms with Gasteiger partial charge in [-0.2, -0.15) is 0 Å². The van der Waals surface area contributed by atoms with E-state index in [0.717, 1.165) is 43.9 Å². The Kier molecular flexibility index (Phi) is 7.43. The van der Waals surface area contributed by atoms with Crippen LogP contribution in [0.5, 0.6) is 5.75 Å². The third-order valence-electron chi connectivity index (χ3n) is 3.85. The van der Waals surface area contributed by atoms with Crippen molar-refractivity contribution < 1.29 is 9.13 Å². The van der Waals surface area contributed by atoms with Gasteiger partial charge in [0.2, 0.25) is 0 Å². The van der Waals surface area contributed by atoms with Gasteiger partial charge in [0, 0.05) is 37.8 Å². The minimum Gasteiger partial charge on any atom is -0.497 e. The minimum atomic E-state index is -0.130. The normalized spacial score (nSPS) is 17.4. The molecular weight excluding hydrogens is 291 g/mol. The molecule has 0 aliphatic carbocycles. The van der Waals surface area contributed by atoms with Crippen LogP contribution in [-0.2, 0) is 0 Å². The summed E-state index contributed by atoms with van der Waals surface area (Å²) in [6.07, 6.45) is 0.962. The smallest absolute Gasteiger partial charge is 0.128 e. The lowest BCUT2D eigenvalue weighted by atomic mass is 9.94. The van der Waals surface area contributed by atoms with Crippen molar-refractivity contribution in [3.63, 3.8) is 0 Å². The number of nitrogens with zero attached hydrogens (tertiary/aromatic N) is 1. The molecule has 1 atom stereocenters. The summed E-state index contributed by atoms with van der Waals surface area (Å²) in [7, 11) is 1.62. The first-order valence-corrected chi connectivity index (χ1v) is 7.40. The van der Waals surface area contributed by atoms with Crippen LogP contribution in [0.4, 0.5) is 4.39 Å². The Labute approximate surface area is 133 Å². The Morgan fingerprint density at radius 3 is 2.52 bits per heavy atom. The molecule has 1 aromatic carbocycles. The van der Waals surface area contributed by atoms with Gasteiger partial charge in [0.1, 0.15) is 11.6 Å². The van der Waals surface area contributed by atoms with Crippen LogP contribution in [0, 0.1) is 11.7 Å². The second kappa shape index (κ2) is 8.57. The van der Waals surface area contributed by atoms with E-state index >= 15 is 0 Å². The molecule has 2 rings (SSSR count). The molecule has 0 amide bonds. The first-order valence-electron chi connectivity index (χ1n) is 7.40. The molecule has 5 heteroatoms. The van der Waals surface area contributed by atoms with Gasteiger partial charge in [-0.3, -0.25) is 4.90 Å². The van der Waals surface area contributed by atoms with Gasteiger partial charge in [-0.25, -0.2) is 4.39 Å². The zero-order valence-corrected chi connectivity index (χ0v) is 13.9. The van der Waals surface area contributed by atoms with Crippen LogP contribution in [0.2, 0.25) is 0 Å². The molecule has 1 N–H and O–H groups in total. The highest BCUT2D eigenvalue weighted by atomic mass is 35.5. The summed E-state index contributed by atoms with van der Waals surface area (Å²) in [6.45, 7) is 8.25. The summed E-state index contributed by atoms with van der Waals surface area (Å²) in [5.74, 6) is 1.13. The summed E-state index contributed by atoms with van der Waals surface area (Å²) >= 11 is 0. The topological polar surface area (TPSA) is 24.5 Å². The van der Waals surface area contributed by atoms with E-state index in [1.807, 2.05) is 6.07 Å². The van der Waals surface area contributed by atoms with E-state index in [1.54, 1.807) is 13.2 Å². The number of hydrogen-bond acceptors (Lipinski definition) is 3. The molecule has 0 radical (unpaired) electrons. The van der Waals surface area contributed by atoms with Crippen molar-refractivity contribution in [1.82, 2.24) is 10.2 Å². The van der Waals surface area contributed by atoms with Crippen molar-refractivity contribution >= 4 is 12.4 Å². The zero-order valence-electron chi connectivity index (χ0n) is 13.1. The highest BCUT2D eigenvalue weighted by molar-refractivity contribution is 5.85. The van der Waals surface area contributed by atoms with Crippen molar-refractivity contribution in [2.45, 2.75) is 26.3 Å². The van der Waals surface area contributed by atoms with Crippen molar-refractivity contribution in [2.75, 3.05) is 33.3 Å². The van der Waals surface area contributed by atoms with Crippen LogP contribution in [0.25, 0.3) is 0 Å². The number of benzene rings is 1. The minimum absolute atomic E-state index is 0. The highest BCUT2D eigenvalue weighted by Crippen LogP contribution is 2.32. The van der Waals surface area contributed by atoms with E-state index in [9.17, 15) is 4.39 Å². The fraction of sp³-hybridized carbons (Fsp3) is 0.625. The Morgan fingerprint density at radius 1 is 1.29 bits per heavy atom. The van der Waals surface area contributed by atoms with E-state index in [2.05, 4.69) is 24.1 Å². The van der Waals surface area contributed by atoms with E-state index in [-0.39, 0.29) is 24.3 Å². The fourth-order valence-corrected chi connectivity index (χ4v) is 2.82.